The maximum atomic E-state index is 12.1. The Labute approximate surface area is 234 Å². The quantitative estimate of drug-likeness (QED) is 0.267. The summed E-state index contributed by atoms with van der Waals surface area (Å²) in [6, 6.07) is 22.2. The van der Waals surface area contributed by atoms with E-state index < -0.39 is 0 Å². The molecule has 0 aliphatic carbocycles. The van der Waals surface area contributed by atoms with Gasteiger partial charge in [0.1, 0.15) is 5.75 Å². The normalized spacial score (nSPS) is 16.7. The number of benzene rings is 2. The number of nitrogens with zero attached hydrogens (tertiary/aromatic N) is 3. The van der Waals surface area contributed by atoms with Crippen LogP contribution >= 0.6 is 12.2 Å². The van der Waals surface area contributed by atoms with Crippen LogP contribution in [0.5, 0.6) is 5.75 Å². The molecule has 1 aliphatic heterocycles. The summed E-state index contributed by atoms with van der Waals surface area (Å²) in [6.07, 6.45) is 2.19. The molecular formula is C31H33N5O2S. The van der Waals surface area contributed by atoms with Crippen molar-refractivity contribution in [2.45, 2.75) is 46.2 Å². The minimum atomic E-state index is -0.170. The first-order valence-corrected chi connectivity index (χ1v) is 13.5. The summed E-state index contributed by atoms with van der Waals surface area (Å²) >= 11 is 5.94. The third kappa shape index (κ3) is 5.00. The molecule has 200 valence electrons. The SMILES string of the molecule is CCC(=O)Nc1ccc(N2C(=S)N[C@@H](c3ccccn3)[C@@H]2c2cc(C)n(-c3ccc(C)cc3)c2C)cc1OC. The minimum absolute atomic E-state index is 0.0731. The number of aromatic nitrogens is 2. The monoisotopic (exact) mass is 539 g/mol. The smallest absolute Gasteiger partial charge is 0.224 e. The summed E-state index contributed by atoms with van der Waals surface area (Å²) < 4.78 is 7.96. The van der Waals surface area contributed by atoms with Crippen LogP contribution in [0.1, 0.15) is 53.6 Å². The van der Waals surface area contributed by atoms with Gasteiger partial charge in [-0.05, 0) is 81.0 Å². The standard InChI is InChI=1S/C31H33N5O2S/c1-6-28(37)33-25-15-14-23(18-27(25)38-5)36-30(29(34-31(36)39)26-9-7-8-16-32-26)24-17-20(3)35(21(24)4)22-12-10-19(2)11-13-22/h7-18,29-30H,6H2,1-5H3,(H,33,37)(H,34,39)/t29-,30-/m0/s1. The van der Waals surface area contributed by atoms with Gasteiger partial charge in [0.2, 0.25) is 5.91 Å². The average molecular weight is 540 g/mol. The Hall–Kier alpha value is -4.17. The molecule has 4 aromatic rings. The third-order valence-electron chi connectivity index (χ3n) is 7.24. The van der Waals surface area contributed by atoms with E-state index in [2.05, 4.69) is 76.2 Å². The topological polar surface area (TPSA) is 71.4 Å². The average Bonchev–Trinajstić information content (AvgIpc) is 3.44. The van der Waals surface area contributed by atoms with Gasteiger partial charge in [-0.3, -0.25) is 9.78 Å². The number of rotatable bonds is 7. The van der Waals surface area contributed by atoms with Gasteiger partial charge in [0.15, 0.2) is 5.11 Å². The Morgan fingerprint density at radius 3 is 2.46 bits per heavy atom. The number of nitrogens with one attached hydrogen (secondary N) is 2. The van der Waals surface area contributed by atoms with Crippen LogP contribution in [0, 0.1) is 20.8 Å². The highest BCUT2D eigenvalue weighted by molar-refractivity contribution is 7.80. The molecule has 5 rings (SSSR count). The molecule has 8 heteroatoms. The fourth-order valence-electron chi connectivity index (χ4n) is 5.30. The zero-order valence-electron chi connectivity index (χ0n) is 22.9. The van der Waals surface area contributed by atoms with E-state index >= 15 is 0 Å². The largest absolute Gasteiger partial charge is 0.494 e. The van der Waals surface area contributed by atoms with Crippen molar-refractivity contribution in [3.8, 4) is 11.4 Å². The second kappa shape index (κ2) is 10.9. The lowest BCUT2D eigenvalue weighted by atomic mass is 9.96. The van der Waals surface area contributed by atoms with Crippen LogP contribution < -0.4 is 20.3 Å². The molecule has 2 atom stereocenters. The summed E-state index contributed by atoms with van der Waals surface area (Å²) in [5, 5.41) is 7.05. The highest BCUT2D eigenvalue weighted by Gasteiger charge is 2.42. The van der Waals surface area contributed by atoms with Crippen molar-refractivity contribution in [2.24, 2.45) is 0 Å². The molecule has 7 nitrogen and oxygen atoms in total. The van der Waals surface area contributed by atoms with Gasteiger partial charge in [-0.1, -0.05) is 30.7 Å². The van der Waals surface area contributed by atoms with Crippen molar-refractivity contribution >= 4 is 34.6 Å². The maximum absolute atomic E-state index is 12.1. The molecule has 1 saturated heterocycles. The molecule has 2 N–H and O–H groups in total. The fourth-order valence-corrected chi connectivity index (χ4v) is 5.64. The lowest BCUT2D eigenvalue weighted by molar-refractivity contribution is -0.115. The molecule has 2 aromatic carbocycles. The van der Waals surface area contributed by atoms with Crippen molar-refractivity contribution in [3.63, 3.8) is 0 Å². The molecule has 3 heterocycles. The van der Waals surface area contributed by atoms with Crippen LogP contribution in [-0.4, -0.2) is 27.7 Å². The number of carbonyl (C=O) groups excluding carboxylic acids is 1. The molecule has 0 radical (unpaired) electrons. The van der Waals surface area contributed by atoms with E-state index in [0.717, 1.165) is 34.0 Å². The Balaban J connectivity index is 1.64. The number of thiocarbonyl (C=S) groups is 1. The Morgan fingerprint density at radius 1 is 1.05 bits per heavy atom. The van der Waals surface area contributed by atoms with E-state index in [1.807, 2.05) is 49.5 Å². The number of amides is 1. The Morgan fingerprint density at radius 2 is 1.79 bits per heavy atom. The summed E-state index contributed by atoms with van der Waals surface area (Å²) in [7, 11) is 1.60. The summed E-state index contributed by atoms with van der Waals surface area (Å²) in [4.78, 5) is 18.9. The van der Waals surface area contributed by atoms with Gasteiger partial charge in [-0.15, -0.1) is 0 Å². The van der Waals surface area contributed by atoms with Crippen LogP contribution in [0.15, 0.2) is 72.9 Å². The lowest BCUT2D eigenvalue weighted by Crippen LogP contribution is -2.29. The number of pyridine rings is 1. The number of ether oxygens (including phenoxy) is 1. The Bertz CT molecular complexity index is 1510. The van der Waals surface area contributed by atoms with Gasteiger partial charge in [-0.2, -0.15) is 0 Å². The van der Waals surface area contributed by atoms with E-state index in [9.17, 15) is 4.79 Å². The van der Waals surface area contributed by atoms with Crippen LogP contribution in [0.3, 0.4) is 0 Å². The molecular weight excluding hydrogens is 506 g/mol. The predicted octanol–water partition coefficient (Wildman–Crippen LogP) is 6.33. The highest BCUT2D eigenvalue weighted by Crippen LogP contribution is 2.45. The summed E-state index contributed by atoms with van der Waals surface area (Å²) in [5.41, 5.74) is 8.17. The van der Waals surface area contributed by atoms with Crippen LogP contribution in [0.2, 0.25) is 0 Å². The summed E-state index contributed by atoms with van der Waals surface area (Å²) in [5.74, 6) is 0.498. The molecule has 39 heavy (non-hydrogen) atoms. The van der Waals surface area contributed by atoms with Gasteiger partial charge in [0.25, 0.3) is 0 Å². The second-order valence-electron chi connectivity index (χ2n) is 9.78. The Kier molecular flexibility index (Phi) is 7.39. The minimum Gasteiger partial charge on any atom is -0.494 e. The molecule has 1 fully saturated rings. The molecule has 1 amide bonds. The molecule has 0 spiro atoms. The first kappa shape index (κ1) is 26.4. The van der Waals surface area contributed by atoms with Crippen LogP contribution in [0.25, 0.3) is 5.69 Å². The number of methoxy groups -OCH3 is 1. The van der Waals surface area contributed by atoms with Crippen molar-refractivity contribution < 1.29 is 9.53 Å². The number of aryl methyl sites for hydroxylation is 2. The summed E-state index contributed by atoms with van der Waals surface area (Å²) in [6.45, 7) is 8.20. The van der Waals surface area contributed by atoms with Crippen LogP contribution in [-0.2, 0) is 4.79 Å². The lowest BCUT2D eigenvalue weighted by Gasteiger charge is -2.29. The van der Waals surface area contributed by atoms with Crippen LogP contribution in [0.4, 0.5) is 11.4 Å². The van der Waals surface area contributed by atoms with Crippen molar-refractivity contribution in [2.75, 3.05) is 17.3 Å². The van der Waals surface area contributed by atoms with Gasteiger partial charge in [0, 0.05) is 41.4 Å². The van der Waals surface area contributed by atoms with E-state index in [-0.39, 0.29) is 18.0 Å². The number of carbonyl (C=O) groups is 1. The maximum Gasteiger partial charge on any atom is 0.224 e. The molecule has 1 aliphatic rings. The first-order chi connectivity index (χ1) is 18.8. The molecule has 0 unspecified atom stereocenters. The predicted molar refractivity (Wildman–Crippen MR) is 160 cm³/mol. The number of hydrogen-bond acceptors (Lipinski definition) is 4. The second-order valence-corrected chi connectivity index (χ2v) is 10.2. The number of anilines is 2. The van der Waals surface area contributed by atoms with Crippen molar-refractivity contribution in [3.05, 3.63) is 101 Å². The number of hydrogen-bond donors (Lipinski definition) is 2. The fraction of sp³-hybridized carbons (Fsp3) is 0.258. The van der Waals surface area contributed by atoms with Gasteiger partial charge in [-0.25, -0.2) is 0 Å². The zero-order chi connectivity index (χ0) is 27.7. The van der Waals surface area contributed by atoms with Crippen molar-refractivity contribution in [1.82, 2.24) is 14.9 Å². The van der Waals surface area contributed by atoms with Gasteiger partial charge >= 0.3 is 0 Å². The molecule has 0 saturated carbocycles. The molecule has 0 bridgehead atoms. The van der Waals surface area contributed by atoms with Gasteiger partial charge in [0.05, 0.1) is 30.6 Å². The van der Waals surface area contributed by atoms with E-state index in [1.54, 1.807) is 7.11 Å². The highest BCUT2D eigenvalue weighted by atomic mass is 32.1. The molecule has 2 aromatic heterocycles. The van der Waals surface area contributed by atoms with E-state index in [0.29, 0.717) is 23.0 Å². The van der Waals surface area contributed by atoms with E-state index in [4.69, 9.17) is 17.0 Å². The van der Waals surface area contributed by atoms with E-state index in [1.165, 1.54) is 5.56 Å². The van der Waals surface area contributed by atoms with Gasteiger partial charge < -0.3 is 24.8 Å². The van der Waals surface area contributed by atoms with Crippen molar-refractivity contribution in [1.29, 1.82) is 0 Å². The zero-order valence-corrected chi connectivity index (χ0v) is 23.7. The first-order valence-electron chi connectivity index (χ1n) is 13.1. The third-order valence-corrected chi connectivity index (χ3v) is 7.55.